The molecule has 134 valence electrons. The van der Waals surface area contributed by atoms with Crippen LogP contribution in [0.1, 0.15) is 42.5 Å². The Morgan fingerprint density at radius 1 is 1.12 bits per heavy atom. The van der Waals surface area contributed by atoms with Crippen LogP contribution in [0.3, 0.4) is 0 Å². The van der Waals surface area contributed by atoms with E-state index in [1.54, 1.807) is 11.5 Å². The first-order valence-corrected chi connectivity index (χ1v) is 9.23. The summed E-state index contributed by atoms with van der Waals surface area (Å²) in [6, 6.07) is 7.19. The predicted molar refractivity (Wildman–Crippen MR) is 95.6 cm³/mol. The average Bonchev–Trinajstić information content (AvgIpc) is 3.05. The molecule has 1 aromatic carbocycles. The molecule has 1 heterocycles. The fourth-order valence-corrected chi connectivity index (χ4v) is 5.82. The van der Waals surface area contributed by atoms with Gasteiger partial charge in [-0.2, -0.15) is 0 Å². The summed E-state index contributed by atoms with van der Waals surface area (Å²) in [5.41, 5.74) is 3.18. The van der Waals surface area contributed by atoms with Crippen LogP contribution in [0.2, 0.25) is 0 Å². The molecule has 2 amide bonds. The van der Waals surface area contributed by atoms with Crippen LogP contribution in [-0.4, -0.2) is 22.0 Å². The number of hydrogen-bond acceptors (Lipinski definition) is 4. The third kappa shape index (κ3) is 2.25. The maximum atomic E-state index is 13.1. The van der Waals surface area contributed by atoms with Crippen molar-refractivity contribution < 1.29 is 14.8 Å². The molecule has 0 saturated heterocycles. The number of carbonyl (C=O) groups excluding carboxylic acids is 2. The number of nitrogens with zero attached hydrogens (tertiary/aromatic N) is 1. The van der Waals surface area contributed by atoms with Crippen LogP contribution >= 0.6 is 0 Å². The smallest absolute Gasteiger partial charge is 0.276 e. The van der Waals surface area contributed by atoms with E-state index in [2.05, 4.69) is 10.3 Å². The first-order valence-electron chi connectivity index (χ1n) is 9.23. The minimum Gasteiger partial charge on any atom is -0.326 e. The maximum absolute atomic E-state index is 13.1. The van der Waals surface area contributed by atoms with Gasteiger partial charge in [0.05, 0.1) is 16.5 Å². The maximum Gasteiger partial charge on any atom is 0.276 e. The second kappa shape index (κ2) is 5.51. The molecule has 4 aliphatic carbocycles. The molecule has 4 bridgehead atoms. The second-order valence-corrected chi connectivity index (χ2v) is 8.23. The Kier molecular flexibility index (Phi) is 3.34. The minimum absolute atomic E-state index is 0.156. The van der Waals surface area contributed by atoms with Crippen molar-refractivity contribution in [3.63, 3.8) is 0 Å². The topological polar surface area (TPSA) is 91.3 Å². The van der Waals surface area contributed by atoms with E-state index < -0.39 is 5.91 Å². The zero-order chi connectivity index (χ0) is 17.9. The van der Waals surface area contributed by atoms with Gasteiger partial charge in [-0.25, -0.2) is 5.48 Å². The van der Waals surface area contributed by atoms with Crippen molar-refractivity contribution in [2.45, 2.75) is 32.1 Å². The molecule has 4 aliphatic rings. The van der Waals surface area contributed by atoms with Crippen molar-refractivity contribution in [3.05, 3.63) is 36.0 Å². The van der Waals surface area contributed by atoms with E-state index in [1.165, 1.54) is 25.5 Å². The summed E-state index contributed by atoms with van der Waals surface area (Å²) < 4.78 is 0. The highest BCUT2D eigenvalue weighted by atomic mass is 16.5. The van der Waals surface area contributed by atoms with Crippen molar-refractivity contribution in [1.82, 2.24) is 10.5 Å². The number of anilines is 1. The third-order valence-electron chi connectivity index (χ3n) is 6.74. The Hall–Kier alpha value is -2.47. The highest BCUT2D eigenvalue weighted by Crippen LogP contribution is 2.65. The third-order valence-corrected chi connectivity index (χ3v) is 6.74. The van der Waals surface area contributed by atoms with Crippen molar-refractivity contribution in [3.8, 4) is 0 Å². The molecule has 2 unspecified atom stereocenters. The standard InChI is InChI=1S/C20H21N3O3/c24-18(23-26)14-6-13-7-16(1-2-17(13)21-10-14)22-19(25)20-8-11-3-12(9-20)5-15(20)4-11/h1-2,6-7,10-12,15,26H,3-5,8-9H2,(H,22,25)(H,23,24). The van der Waals surface area contributed by atoms with Crippen molar-refractivity contribution in [2.75, 3.05) is 5.32 Å². The van der Waals surface area contributed by atoms with Gasteiger partial charge in [-0.3, -0.25) is 19.8 Å². The van der Waals surface area contributed by atoms with Crippen molar-refractivity contribution in [2.24, 2.45) is 23.2 Å². The van der Waals surface area contributed by atoms with E-state index in [0.29, 0.717) is 5.92 Å². The number of aromatic nitrogens is 1. The van der Waals surface area contributed by atoms with Gasteiger partial charge in [0, 0.05) is 17.3 Å². The number of benzene rings is 1. The summed E-state index contributed by atoms with van der Waals surface area (Å²) in [5, 5.41) is 12.7. The molecule has 0 radical (unpaired) electrons. The van der Waals surface area contributed by atoms with Gasteiger partial charge in [-0.15, -0.1) is 0 Å². The molecule has 6 rings (SSSR count). The number of amides is 2. The predicted octanol–water partition coefficient (Wildman–Crippen LogP) is 3.12. The summed E-state index contributed by atoms with van der Waals surface area (Å²) in [7, 11) is 0. The fraction of sp³-hybridized carbons (Fsp3) is 0.450. The number of hydroxylamine groups is 1. The Balaban J connectivity index is 1.42. The van der Waals surface area contributed by atoms with Gasteiger partial charge in [-0.05, 0) is 74.1 Å². The fourth-order valence-electron chi connectivity index (χ4n) is 5.82. The monoisotopic (exact) mass is 351 g/mol. The van der Waals surface area contributed by atoms with Gasteiger partial charge >= 0.3 is 0 Å². The van der Waals surface area contributed by atoms with Gasteiger partial charge in [-0.1, -0.05) is 0 Å². The lowest BCUT2D eigenvalue weighted by Crippen LogP contribution is -2.37. The van der Waals surface area contributed by atoms with E-state index in [-0.39, 0.29) is 16.9 Å². The van der Waals surface area contributed by atoms with E-state index in [0.717, 1.165) is 41.3 Å². The van der Waals surface area contributed by atoms with Crippen LogP contribution in [-0.2, 0) is 4.79 Å². The van der Waals surface area contributed by atoms with Gasteiger partial charge < -0.3 is 5.32 Å². The van der Waals surface area contributed by atoms with Crippen LogP contribution in [0.15, 0.2) is 30.5 Å². The van der Waals surface area contributed by atoms with E-state index in [4.69, 9.17) is 5.21 Å². The molecule has 4 fully saturated rings. The SMILES string of the molecule is O=C(NO)c1cnc2ccc(NC(=O)C34CC5CC(CC3C5)C4)cc2c1. The summed E-state index contributed by atoms with van der Waals surface area (Å²) in [6.45, 7) is 0. The van der Waals surface area contributed by atoms with Crippen molar-refractivity contribution >= 4 is 28.4 Å². The van der Waals surface area contributed by atoms with Crippen LogP contribution in [0.25, 0.3) is 10.9 Å². The van der Waals surface area contributed by atoms with Crippen LogP contribution in [0.4, 0.5) is 5.69 Å². The number of nitrogens with one attached hydrogen (secondary N) is 2. The highest BCUT2D eigenvalue weighted by Gasteiger charge is 2.61. The summed E-state index contributed by atoms with van der Waals surface area (Å²) >= 11 is 0. The molecule has 3 N–H and O–H groups in total. The second-order valence-electron chi connectivity index (χ2n) is 8.23. The zero-order valence-electron chi connectivity index (χ0n) is 14.4. The number of rotatable bonds is 3. The number of fused-ring (bicyclic) bond motifs is 1. The van der Waals surface area contributed by atoms with Gasteiger partial charge in [0.15, 0.2) is 0 Å². The van der Waals surface area contributed by atoms with Crippen LogP contribution < -0.4 is 10.8 Å². The van der Waals surface area contributed by atoms with Gasteiger partial charge in [0.1, 0.15) is 0 Å². The van der Waals surface area contributed by atoms with E-state index in [9.17, 15) is 9.59 Å². The molecule has 2 aromatic rings. The number of carbonyl (C=O) groups is 2. The number of pyridine rings is 1. The molecule has 26 heavy (non-hydrogen) atoms. The van der Waals surface area contributed by atoms with Crippen LogP contribution in [0.5, 0.6) is 0 Å². The summed E-state index contributed by atoms with van der Waals surface area (Å²) in [5.74, 6) is 1.57. The molecular weight excluding hydrogens is 330 g/mol. The quantitative estimate of drug-likeness (QED) is 0.585. The summed E-state index contributed by atoms with van der Waals surface area (Å²) in [6.07, 6.45) is 7.23. The first-order chi connectivity index (χ1) is 12.6. The lowest BCUT2D eigenvalue weighted by Gasteiger charge is -2.31. The lowest BCUT2D eigenvalue weighted by molar-refractivity contribution is -0.127. The average molecular weight is 351 g/mol. The van der Waals surface area contributed by atoms with Crippen LogP contribution in [0, 0.1) is 23.2 Å². The Bertz CT molecular complexity index is 912. The normalized spacial score (nSPS) is 31.3. The molecule has 4 saturated carbocycles. The lowest BCUT2D eigenvalue weighted by atomic mass is 9.75. The van der Waals surface area contributed by atoms with Gasteiger partial charge in [0.2, 0.25) is 5.91 Å². The minimum atomic E-state index is -0.605. The Morgan fingerprint density at radius 2 is 1.88 bits per heavy atom. The Morgan fingerprint density at radius 3 is 2.62 bits per heavy atom. The molecule has 6 heteroatoms. The van der Waals surface area contributed by atoms with E-state index in [1.807, 2.05) is 18.2 Å². The molecule has 0 spiro atoms. The molecule has 6 nitrogen and oxygen atoms in total. The molecular formula is C20H21N3O3. The number of hydrogen-bond donors (Lipinski definition) is 3. The highest BCUT2D eigenvalue weighted by molar-refractivity contribution is 6.00. The largest absolute Gasteiger partial charge is 0.326 e. The van der Waals surface area contributed by atoms with E-state index >= 15 is 0 Å². The molecule has 1 aromatic heterocycles. The zero-order valence-corrected chi connectivity index (χ0v) is 14.4. The van der Waals surface area contributed by atoms with Crippen molar-refractivity contribution in [1.29, 1.82) is 0 Å². The molecule has 0 aliphatic heterocycles. The molecule has 2 atom stereocenters. The summed E-state index contributed by atoms with van der Waals surface area (Å²) in [4.78, 5) is 28.9. The first kappa shape index (κ1) is 15.8. The van der Waals surface area contributed by atoms with Gasteiger partial charge in [0.25, 0.3) is 5.91 Å². The Labute approximate surface area is 151 Å².